The lowest BCUT2D eigenvalue weighted by molar-refractivity contribution is 0.408. The van der Waals surface area contributed by atoms with E-state index in [0.29, 0.717) is 28.6 Å². The molecule has 5 nitrogen and oxygen atoms in total. The summed E-state index contributed by atoms with van der Waals surface area (Å²) in [4.78, 5) is 1.85. The fraction of sp³-hybridized carbons (Fsp3) is 0.200. The van der Waals surface area contributed by atoms with Gasteiger partial charge in [-0.15, -0.1) is 0 Å². The van der Waals surface area contributed by atoms with Gasteiger partial charge in [0.25, 0.3) is 0 Å². The molecule has 35 heavy (non-hydrogen) atoms. The number of nitrogens with zero attached hydrogens (tertiary/aromatic N) is 1. The van der Waals surface area contributed by atoms with Crippen LogP contribution in [-0.4, -0.2) is 15.3 Å². The Kier molecular flexibility index (Phi) is 6.35. The molecule has 3 N–H and O–H groups in total. The zero-order valence-corrected chi connectivity index (χ0v) is 21.0. The second-order valence-electron chi connectivity index (χ2n) is 9.19. The predicted octanol–water partition coefficient (Wildman–Crippen LogP) is 7.92. The van der Waals surface area contributed by atoms with E-state index in [1.54, 1.807) is 18.2 Å². The smallest absolute Gasteiger partial charge is 0.172 e. The predicted molar refractivity (Wildman–Crippen MR) is 141 cm³/mol. The average molecular weight is 470 g/mol. The molecule has 4 aromatic rings. The second kappa shape index (κ2) is 9.26. The topological polar surface area (TPSA) is 73.2 Å². The minimum atomic E-state index is 0.0643. The molecule has 0 fully saturated rings. The van der Waals surface area contributed by atoms with Gasteiger partial charge in [-0.2, -0.15) is 0 Å². The third kappa shape index (κ3) is 4.62. The molecule has 180 valence electrons. The van der Waals surface area contributed by atoms with E-state index in [2.05, 4.69) is 0 Å². The molecule has 0 saturated heterocycles. The number of benzene rings is 4. The molecule has 0 aliphatic carbocycles. The Morgan fingerprint density at radius 2 is 1.17 bits per heavy atom. The Morgan fingerprint density at radius 1 is 0.600 bits per heavy atom. The maximum absolute atomic E-state index is 11.0. The van der Waals surface area contributed by atoms with Gasteiger partial charge >= 0.3 is 0 Å². The van der Waals surface area contributed by atoms with Gasteiger partial charge < -0.3 is 25.0 Å². The van der Waals surface area contributed by atoms with Gasteiger partial charge in [0, 0.05) is 6.07 Å². The monoisotopic (exact) mass is 469 g/mol. The van der Waals surface area contributed by atoms with Crippen LogP contribution in [0.5, 0.6) is 28.7 Å². The first-order valence-electron chi connectivity index (χ1n) is 11.5. The van der Waals surface area contributed by atoms with Crippen LogP contribution >= 0.6 is 0 Å². The molecule has 0 aliphatic rings. The molecule has 0 spiro atoms. The zero-order chi connectivity index (χ0) is 25.4. The standard InChI is InChI=1S/C30H31NO4/c1-17-12-20(4)28(26(33)14-17)31(29-21(5)13-18(2)15-27(29)34)23-8-7-9-24(16-23)35-30-22(6)19(3)10-11-25(30)32/h7-16,32-34H,1-6H3. The normalized spacial score (nSPS) is 10.9. The maximum Gasteiger partial charge on any atom is 0.172 e. The number of rotatable bonds is 5. The van der Waals surface area contributed by atoms with E-state index >= 15 is 0 Å². The van der Waals surface area contributed by atoms with Crippen LogP contribution in [0.4, 0.5) is 17.1 Å². The Morgan fingerprint density at radius 3 is 1.71 bits per heavy atom. The summed E-state index contributed by atoms with van der Waals surface area (Å²) in [5.41, 5.74) is 7.31. The van der Waals surface area contributed by atoms with Crippen LogP contribution < -0.4 is 9.64 Å². The van der Waals surface area contributed by atoms with Gasteiger partial charge in [0.2, 0.25) is 0 Å². The molecule has 0 bridgehead atoms. The highest BCUT2D eigenvalue weighted by Crippen LogP contribution is 2.48. The van der Waals surface area contributed by atoms with Crippen molar-refractivity contribution in [2.24, 2.45) is 0 Å². The number of phenolic OH excluding ortho intramolecular Hbond substituents is 3. The first-order valence-corrected chi connectivity index (χ1v) is 11.5. The molecule has 5 heteroatoms. The summed E-state index contributed by atoms with van der Waals surface area (Å²) in [5, 5.41) is 32.5. The van der Waals surface area contributed by atoms with E-state index in [-0.39, 0.29) is 17.2 Å². The number of aryl methyl sites for hydroxylation is 5. The third-order valence-corrected chi connectivity index (χ3v) is 6.25. The lowest BCUT2D eigenvalue weighted by Gasteiger charge is -2.30. The van der Waals surface area contributed by atoms with Crippen LogP contribution in [-0.2, 0) is 0 Å². The Balaban J connectivity index is 1.92. The van der Waals surface area contributed by atoms with Crippen molar-refractivity contribution in [2.75, 3.05) is 4.90 Å². The van der Waals surface area contributed by atoms with Crippen LogP contribution in [0.2, 0.25) is 0 Å². The number of hydrogen-bond donors (Lipinski definition) is 3. The maximum atomic E-state index is 11.0. The van der Waals surface area contributed by atoms with Crippen molar-refractivity contribution in [2.45, 2.75) is 41.5 Å². The summed E-state index contributed by atoms with van der Waals surface area (Å²) in [7, 11) is 0. The summed E-state index contributed by atoms with van der Waals surface area (Å²) in [6, 6.07) is 18.3. The highest BCUT2D eigenvalue weighted by Gasteiger charge is 2.24. The number of ether oxygens (including phenoxy) is 1. The van der Waals surface area contributed by atoms with Crippen molar-refractivity contribution in [3.8, 4) is 28.7 Å². The molecule has 4 aromatic carbocycles. The molecular weight excluding hydrogens is 438 g/mol. The summed E-state index contributed by atoms with van der Waals surface area (Å²) in [6.07, 6.45) is 0. The van der Waals surface area contributed by atoms with Crippen molar-refractivity contribution in [3.63, 3.8) is 0 Å². The van der Waals surface area contributed by atoms with E-state index < -0.39 is 0 Å². The number of anilines is 3. The quantitative estimate of drug-likeness (QED) is 0.277. The van der Waals surface area contributed by atoms with Crippen molar-refractivity contribution in [3.05, 3.63) is 94.0 Å². The number of aromatic hydroxyl groups is 3. The molecule has 0 aromatic heterocycles. The minimum Gasteiger partial charge on any atom is -0.506 e. The van der Waals surface area contributed by atoms with Crippen LogP contribution in [0.1, 0.15) is 33.4 Å². The number of hydrogen-bond acceptors (Lipinski definition) is 5. The Bertz CT molecular complexity index is 1320. The van der Waals surface area contributed by atoms with Gasteiger partial charge in [-0.1, -0.05) is 24.3 Å². The van der Waals surface area contributed by atoms with Crippen molar-refractivity contribution < 1.29 is 20.1 Å². The highest BCUT2D eigenvalue weighted by molar-refractivity contribution is 5.87. The van der Waals surface area contributed by atoms with Crippen LogP contribution in [0.25, 0.3) is 0 Å². The fourth-order valence-corrected chi connectivity index (χ4v) is 4.54. The van der Waals surface area contributed by atoms with Gasteiger partial charge in [-0.05, 0) is 105 Å². The lowest BCUT2D eigenvalue weighted by Crippen LogP contribution is -2.13. The van der Waals surface area contributed by atoms with E-state index in [1.165, 1.54) is 0 Å². The molecule has 0 saturated carbocycles. The summed E-state index contributed by atoms with van der Waals surface area (Å²) in [5.74, 6) is 1.21. The van der Waals surface area contributed by atoms with Crippen molar-refractivity contribution in [1.82, 2.24) is 0 Å². The van der Waals surface area contributed by atoms with Crippen molar-refractivity contribution >= 4 is 17.1 Å². The average Bonchev–Trinajstić information content (AvgIpc) is 2.77. The molecule has 4 rings (SSSR count). The van der Waals surface area contributed by atoms with E-state index in [9.17, 15) is 15.3 Å². The summed E-state index contributed by atoms with van der Waals surface area (Å²) in [6.45, 7) is 11.6. The van der Waals surface area contributed by atoms with Crippen LogP contribution in [0.15, 0.2) is 60.7 Å². The van der Waals surface area contributed by atoms with Gasteiger partial charge in [-0.25, -0.2) is 0 Å². The minimum absolute atomic E-state index is 0.0643. The van der Waals surface area contributed by atoms with Crippen LogP contribution in [0, 0.1) is 41.5 Å². The Labute approximate surface area is 206 Å². The zero-order valence-electron chi connectivity index (χ0n) is 21.0. The fourth-order valence-electron chi connectivity index (χ4n) is 4.54. The molecule has 0 aliphatic heterocycles. The van der Waals surface area contributed by atoms with Crippen LogP contribution in [0.3, 0.4) is 0 Å². The van der Waals surface area contributed by atoms with Gasteiger partial charge in [0.1, 0.15) is 17.2 Å². The molecule has 0 amide bonds. The molecule has 0 atom stereocenters. The summed E-state index contributed by atoms with van der Waals surface area (Å²) >= 11 is 0. The van der Waals surface area contributed by atoms with E-state index in [4.69, 9.17) is 4.74 Å². The first-order chi connectivity index (χ1) is 16.6. The van der Waals surface area contributed by atoms with Crippen molar-refractivity contribution in [1.29, 1.82) is 0 Å². The molecular formula is C30H31NO4. The largest absolute Gasteiger partial charge is 0.506 e. The van der Waals surface area contributed by atoms with Gasteiger partial charge in [0.15, 0.2) is 11.5 Å². The van der Waals surface area contributed by atoms with Gasteiger partial charge in [-0.3, -0.25) is 0 Å². The SMILES string of the molecule is Cc1cc(C)c(N(c2cccc(Oc3c(O)ccc(C)c3C)c2)c2c(C)cc(C)cc2O)c(O)c1. The summed E-state index contributed by atoms with van der Waals surface area (Å²) < 4.78 is 6.14. The Hall–Kier alpha value is -4.12. The van der Waals surface area contributed by atoms with Gasteiger partial charge in [0.05, 0.1) is 17.1 Å². The number of phenols is 3. The van der Waals surface area contributed by atoms with E-state index in [1.807, 2.05) is 88.9 Å². The molecule has 0 unspecified atom stereocenters. The molecule has 0 radical (unpaired) electrons. The lowest BCUT2D eigenvalue weighted by atomic mass is 10.0. The third-order valence-electron chi connectivity index (χ3n) is 6.25. The highest BCUT2D eigenvalue weighted by atomic mass is 16.5. The molecule has 0 heterocycles. The first kappa shape index (κ1) is 24.0. The second-order valence-corrected chi connectivity index (χ2v) is 9.19. The van der Waals surface area contributed by atoms with E-state index in [0.717, 1.165) is 33.4 Å².